The highest BCUT2D eigenvalue weighted by Crippen LogP contribution is 2.52. The van der Waals surface area contributed by atoms with Gasteiger partial charge in [-0.3, -0.25) is 14.4 Å². The number of rotatable bonds is 4. The van der Waals surface area contributed by atoms with Crippen LogP contribution in [-0.2, 0) is 20.7 Å². The Bertz CT molecular complexity index is 1470. The molecule has 1 heterocycles. The Balaban J connectivity index is 1.66. The molecule has 220 valence electrons. The molecule has 0 aromatic heterocycles. The van der Waals surface area contributed by atoms with Gasteiger partial charge in [-0.15, -0.1) is 0 Å². The summed E-state index contributed by atoms with van der Waals surface area (Å²) in [6.45, 7) is 1.04. The molecule has 14 heteroatoms. The molecule has 6 N–H and O–H groups in total. The third kappa shape index (κ3) is 4.46. The summed E-state index contributed by atoms with van der Waals surface area (Å²) in [5, 5.41) is 43.8. The number of carbonyl (C=O) groups excluding carboxylic acids is 3. The number of phenolic OH excluding ortho intramolecular Hbond substituents is 2. The highest BCUT2D eigenvalue weighted by atomic mass is 19.4. The average Bonchev–Trinajstić information content (AvgIpc) is 2.89. The van der Waals surface area contributed by atoms with Crippen molar-refractivity contribution in [2.24, 2.45) is 5.73 Å². The van der Waals surface area contributed by atoms with Gasteiger partial charge in [0.15, 0.2) is 24.0 Å². The van der Waals surface area contributed by atoms with Gasteiger partial charge in [0.2, 0.25) is 5.78 Å². The number of hydrogen-bond acceptors (Lipinski definition) is 11. The fourth-order valence-electron chi connectivity index (χ4n) is 5.73. The SMILES string of the molecule is COc1cccc2c1C(=O)c1c(O)c3c(c(O)c1C2=O)C[C@@](O)(C(C)=O)C[C@@H]3O[C@H]1C[C@H](N)[C@H](O)[C@H](C(F)(F)F)O1. The lowest BCUT2D eigenvalue weighted by atomic mass is 9.72. The molecular formula is C27H26F3NO10. The van der Waals surface area contributed by atoms with Crippen LogP contribution in [0.15, 0.2) is 18.2 Å². The molecule has 2 aromatic carbocycles. The number of aliphatic hydroxyl groups excluding tert-OH is 1. The van der Waals surface area contributed by atoms with Crippen molar-refractivity contribution in [1.82, 2.24) is 0 Å². The maximum atomic E-state index is 13.6. The first-order valence-electron chi connectivity index (χ1n) is 12.5. The fourth-order valence-corrected chi connectivity index (χ4v) is 5.73. The number of Topliss-reactive ketones (excluding diaryl/α,β-unsaturated/α-hetero) is 1. The van der Waals surface area contributed by atoms with Gasteiger partial charge < -0.3 is 40.4 Å². The van der Waals surface area contributed by atoms with E-state index in [4.69, 9.17) is 19.9 Å². The molecule has 11 nitrogen and oxygen atoms in total. The number of alkyl halides is 3. The lowest BCUT2D eigenvalue weighted by molar-refractivity contribution is -0.323. The monoisotopic (exact) mass is 581 g/mol. The van der Waals surface area contributed by atoms with Gasteiger partial charge in [-0.2, -0.15) is 13.2 Å². The van der Waals surface area contributed by atoms with Crippen molar-refractivity contribution in [1.29, 1.82) is 0 Å². The van der Waals surface area contributed by atoms with Crippen LogP contribution in [0.2, 0.25) is 0 Å². The Labute approximate surface area is 230 Å². The largest absolute Gasteiger partial charge is 0.507 e. The Morgan fingerprint density at radius 1 is 1.12 bits per heavy atom. The smallest absolute Gasteiger partial charge is 0.417 e. The molecule has 1 aliphatic heterocycles. The van der Waals surface area contributed by atoms with Gasteiger partial charge in [-0.1, -0.05) is 12.1 Å². The van der Waals surface area contributed by atoms with Gasteiger partial charge in [0.05, 0.1) is 29.9 Å². The minimum absolute atomic E-state index is 0.0169. The summed E-state index contributed by atoms with van der Waals surface area (Å²) in [5.41, 5.74) is 1.36. The van der Waals surface area contributed by atoms with Crippen molar-refractivity contribution < 1.29 is 62.2 Å². The zero-order valence-electron chi connectivity index (χ0n) is 21.7. The summed E-state index contributed by atoms with van der Waals surface area (Å²) in [4.78, 5) is 39.5. The van der Waals surface area contributed by atoms with Gasteiger partial charge in [0, 0.05) is 42.0 Å². The number of fused-ring (bicyclic) bond motifs is 3. The molecule has 5 rings (SSSR count). The van der Waals surface area contributed by atoms with E-state index in [0.717, 1.165) is 6.92 Å². The van der Waals surface area contributed by atoms with Crippen LogP contribution < -0.4 is 10.5 Å². The molecular weight excluding hydrogens is 555 g/mol. The summed E-state index contributed by atoms with van der Waals surface area (Å²) in [7, 11) is 1.26. The highest BCUT2D eigenvalue weighted by molar-refractivity contribution is 6.31. The van der Waals surface area contributed by atoms with Crippen molar-refractivity contribution in [3.8, 4) is 17.2 Å². The first-order chi connectivity index (χ1) is 19.1. The van der Waals surface area contributed by atoms with E-state index in [0.29, 0.717) is 0 Å². The molecule has 0 saturated carbocycles. The van der Waals surface area contributed by atoms with Crippen LogP contribution in [0.4, 0.5) is 13.2 Å². The van der Waals surface area contributed by atoms with Crippen molar-refractivity contribution in [3.63, 3.8) is 0 Å². The maximum absolute atomic E-state index is 13.6. The summed E-state index contributed by atoms with van der Waals surface area (Å²) >= 11 is 0. The lowest BCUT2D eigenvalue weighted by Crippen LogP contribution is -2.58. The molecule has 1 saturated heterocycles. The van der Waals surface area contributed by atoms with Crippen molar-refractivity contribution >= 4 is 17.3 Å². The predicted molar refractivity (Wildman–Crippen MR) is 131 cm³/mol. The molecule has 2 aliphatic carbocycles. The van der Waals surface area contributed by atoms with Gasteiger partial charge in [0.25, 0.3) is 0 Å². The van der Waals surface area contributed by atoms with E-state index < -0.39 is 102 Å². The number of nitrogens with two attached hydrogens (primary N) is 1. The van der Waals surface area contributed by atoms with Crippen molar-refractivity contribution in [2.75, 3.05) is 7.11 Å². The molecule has 0 bridgehead atoms. The third-order valence-corrected chi connectivity index (χ3v) is 7.88. The summed E-state index contributed by atoms with van der Waals surface area (Å²) in [6.07, 6.45) is -14.9. The third-order valence-electron chi connectivity index (χ3n) is 7.88. The van der Waals surface area contributed by atoms with Crippen molar-refractivity contribution in [3.05, 3.63) is 51.6 Å². The number of ether oxygens (including phenoxy) is 3. The minimum atomic E-state index is -5.03. The number of methoxy groups -OCH3 is 1. The predicted octanol–water partition coefficient (Wildman–Crippen LogP) is 1.57. The molecule has 41 heavy (non-hydrogen) atoms. The molecule has 3 aliphatic rings. The van der Waals surface area contributed by atoms with Gasteiger partial charge in [0.1, 0.15) is 29.0 Å². The second-order valence-electron chi connectivity index (χ2n) is 10.4. The molecule has 0 spiro atoms. The van der Waals surface area contributed by atoms with Crippen LogP contribution >= 0.6 is 0 Å². The molecule has 1 fully saturated rings. The quantitative estimate of drug-likeness (QED) is 0.282. The van der Waals surface area contributed by atoms with Crippen LogP contribution in [0.1, 0.15) is 68.8 Å². The molecule has 2 aromatic rings. The number of benzene rings is 2. The zero-order valence-corrected chi connectivity index (χ0v) is 21.7. The zero-order chi connectivity index (χ0) is 30.2. The fraction of sp³-hybridized carbons (Fsp3) is 0.444. The number of aromatic hydroxyl groups is 2. The number of aliphatic hydroxyl groups is 2. The van der Waals surface area contributed by atoms with E-state index in [1.165, 1.54) is 25.3 Å². The number of phenols is 2. The average molecular weight is 581 g/mol. The van der Waals surface area contributed by atoms with E-state index in [-0.39, 0.29) is 28.0 Å². The van der Waals surface area contributed by atoms with E-state index in [1.54, 1.807) is 0 Å². The molecule has 6 atom stereocenters. The summed E-state index contributed by atoms with van der Waals surface area (Å²) in [6, 6.07) is 2.74. The lowest BCUT2D eigenvalue weighted by Gasteiger charge is -2.42. The maximum Gasteiger partial charge on any atom is 0.417 e. The Hall–Kier alpha value is -3.56. The van der Waals surface area contributed by atoms with Crippen molar-refractivity contribution in [2.45, 2.75) is 68.6 Å². The number of hydrogen-bond donors (Lipinski definition) is 5. The van der Waals surface area contributed by atoms with Crippen LogP contribution in [0, 0.1) is 0 Å². The number of halogens is 3. The van der Waals surface area contributed by atoms with Crippen LogP contribution in [-0.4, -0.2) is 81.2 Å². The number of ketones is 3. The van der Waals surface area contributed by atoms with Crippen LogP contribution in [0.25, 0.3) is 0 Å². The minimum Gasteiger partial charge on any atom is -0.507 e. The second-order valence-corrected chi connectivity index (χ2v) is 10.4. The molecule has 0 radical (unpaired) electrons. The van der Waals surface area contributed by atoms with E-state index in [1.807, 2.05) is 0 Å². The van der Waals surface area contributed by atoms with Gasteiger partial charge >= 0.3 is 6.18 Å². The highest BCUT2D eigenvalue weighted by Gasteiger charge is 2.54. The van der Waals surface area contributed by atoms with Gasteiger partial charge in [-0.05, 0) is 13.0 Å². The topological polar surface area (TPSA) is 186 Å². The summed E-state index contributed by atoms with van der Waals surface area (Å²) < 4.78 is 56.5. The Kier molecular flexibility index (Phi) is 6.90. The summed E-state index contributed by atoms with van der Waals surface area (Å²) in [5.74, 6) is -4.14. The second kappa shape index (κ2) is 9.77. The van der Waals surface area contributed by atoms with Gasteiger partial charge in [-0.25, -0.2) is 0 Å². The van der Waals surface area contributed by atoms with Crippen LogP contribution in [0.3, 0.4) is 0 Å². The normalized spacial score (nSPS) is 29.4. The number of carbonyl (C=O) groups is 3. The Morgan fingerprint density at radius 2 is 1.78 bits per heavy atom. The van der Waals surface area contributed by atoms with E-state index in [9.17, 15) is 48.0 Å². The first kappa shape index (κ1) is 29.0. The first-order valence-corrected chi connectivity index (χ1v) is 12.5. The van der Waals surface area contributed by atoms with E-state index in [2.05, 4.69) is 0 Å². The standard InChI is InChI=1S/C27H26F3NO10/c1-9(32)26(38)7-11-17(14(8-26)40-15-6-12(31)22(35)25(41-15)27(28,29)30)24(37)19-18(21(11)34)20(33)10-4-3-5-13(39-2)16(10)23(19)36/h3-5,12,14-15,22,25,34-35,37-38H,6-8,31H2,1-2H3/t12-,14-,15+,22-,25+,26-/m0/s1. The molecule has 0 amide bonds. The Morgan fingerprint density at radius 3 is 2.39 bits per heavy atom. The molecule has 0 unspecified atom stereocenters. The van der Waals surface area contributed by atoms with E-state index >= 15 is 0 Å². The van der Waals surface area contributed by atoms with Crippen LogP contribution in [0.5, 0.6) is 17.2 Å².